The van der Waals surface area contributed by atoms with E-state index in [1.165, 1.54) is 57.8 Å². The summed E-state index contributed by atoms with van der Waals surface area (Å²) in [5.41, 5.74) is 2.88. The van der Waals surface area contributed by atoms with E-state index in [0.29, 0.717) is 10.8 Å². The Balaban J connectivity index is 1.69. The van der Waals surface area contributed by atoms with E-state index in [9.17, 15) is 0 Å². The summed E-state index contributed by atoms with van der Waals surface area (Å²) in [6.07, 6.45) is 15.2. The number of rotatable bonds is 1. The van der Waals surface area contributed by atoms with Crippen LogP contribution in [0.15, 0.2) is 11.6 Å². The van der Waals surface area contributed by atoms with Gasteiger partial charge in [-0.1, -0.05) is 31.9 Å². The molecular formula is C21H34O. The van der Waals surface area contributed by atoms with Crippen LogP contribution in [0.3, 0.4) is 0 Å². The maximum absolute atomic E-state index is 6.07. The lowest BCUT2D eigenvalue weighted by atomic mass is 9.47. The molecule has 0 heterocycles. The van der Waals surface area contributed by atoms with Crippen LogP contribution < -0.4 is 0 Å². The Labute approximate surface area is 136 Å². The molecule has 0 aliphatic heterocycles. The third kappa shape index (κ3) is 1.75. The summed E-state index contributed by atoms with van der Waals surface area (Å²) in [7, 11) is 1.95. The van der Waals surface area contributed by atoms with Gasteiger partial charge < -0.3 is 4.74 Å². The van der Waals surface area contributed by atoms with Gasteiger partial charge in [0.1, 0.15) is 0 Å². The molecule has 0 aromatic carbocycles. The minimum absolute atomic E-state index is 0.111. The molecule has 0 spiro atoms. The Morgan fingerprint density at radius 2 is 1.77 bits per heavy atom. The van der Waals surface area contributed by atoms with E-state index in [0.717, 1.165) is 17.8 Å². The van der Waals surface area contributed by atoms with Gasteiger partial charge in [0.15, 0.2) is 0 Å². The van der Waals surface area contributed by atoms with Gasteiger partial charge >= 0.3 is 0 Å². The Hall–Kier alpha value is -0.300. The van der Waals surface area contributed by atoms with Gasteiger partial charge in [-0.2, -0.15) is 0 Å². The number of hydrogen-bond acceptors (Lipinski definition) is 1. The number of hydrogen-bond donors (Lipinski definition) is 0. The topological polar surface area (TPSA) is 9.23 Å². The molecule has 4 aliphatic rings. The standard InChI is InChI=1S/C21H34O/c1-19-12-6-5-7-15(19)8-9-16-17(19)10-13-20(2)18(16)11-14-21(20,3)22-4/h8,16-18H,5-7,9-14H2,1-4H3. The Morgan fingerprint density at radius 1 is 1.00 bits per heavy atom. The Morgan fingerprint density at radius 3 is 2.55 bits per heavy atom. The molecule has 22 heavy (non-hydrogen) atoms. The second-order valence-electron chi connectivity index (χ2n) is 9.40. The van der Waals surface area contributed by atoms with Crippen LogP contribution in [-0.4, -0.2) is 12.7 Å². The molecule has 1 heteroatoms. The van der Waals surface area contributed by atoms with E-state index >= 15 is 0 Å². The van der Waals surface area contributed by atoms with Gasteiger partial charge in [0, 0.05) is 7.11 Å². The fourth-order valence-corrected chi connectivity index (χ4v) is 7.26. The van der Waals surface area contributed by atoms with Crippen LogP contribution in [0.25, 0.3) is 0 Å². The zero-order chi connectivity index (χ0) is 15.6. The maximum Gasteiger partial charge on any atom is 0.0706 e. The first-order chi connectivity index (χ1) is 10.4. The van der Waals surface area contributed by atoms with Crippen LogP contribution in [0.4, 0.5) is 0 Å². The number of fused-ring (bicyclic) bond motifs is 5. The van der Waals surface area contributed by atoms with Gasteiger partial charge in [-0.15, -0.1) is 0 Å². The second kappa shape index (κ2) is 4.85. The summed E-state index contributed by atoms with van der Waals surface area (Å²) in [5.74, 6) is 2.75. The third-order valence-electron chi connectivity index (χ3n) is 9.00. The molecule has 3 fully saturated rings. The van der Waals surface area contributed by atoms with Crippen LogP contribution in [0.1, 0.15) is 78.6 Å². The molecule has 6 unspecified atom stereocenters. The Kier molecular flexibility index (Phi) is 3.36. The summed E-state index contributed by atoms with van der Waals surface area (Å²) in [6.45, 7) is 7.55. The van der Waals surface area contributed by atoms with Crippen LogP contribution in [0.5, 0.6) is 0 Å². The van der Waals surface area contributed by atoms with Crippen LogP contribution >= 0.6 is 0 Å². The molecule has 0 saturated heterocycles. The molecular weight excluding hydrogens is 268 g/mol. The van der Waals surface area contributed by atoms with Crippen molar-refractivity contribution < 1.29 is 4.74 Å². The van der Waals surface area contributed by atoms with E-state index in [4.69, 9.17) is 4.74 Å². The molecule has 4 aliphatic carbocycles. The smallest absolute Gasteiger partial charge is 0.0706 e. The summed E-state index contributed by atoms with van der Waals surface area (Å²) in [5, 5.41) is 0. The minimum atomic E-state index is 0.111. The lowest BCUT2D eigenvalue weighted by Crippen LogP contribution is -2.53. The van der Waals surface area contributed by atoms with Gasteiger partial charge in [0.05, 0.1) is 5.60 Å². The summed E-state index contributed by atoms with van der Waals surface area (Å²) in [6, 6.07) is 0. The summed E-state index contributed by atoms with van der Waals surface area (Å²) in [4.78, 5) is 0. The van der Waals surface area contributed by atoms with E-state index in [-0.39, 0.29) is 5.60 Å². The number of allylic oxidation sites excluding steroid dienone is 2. The van der Waals surface area contributed by atoms with E-state index in [2.05, 4.69) is 26.8 Å². The SMILES string of the molecule is COC1(C)CCC2C3CC=C4CCCCC4(C)C3CCC21C. The highest BCUT2D eigenvalue weighted by atomic mass is 16.5. The highest BCUT2D eigenvalue weighted by Gasteiger charge is 2.62. The minimum Gasteiger partial charge on any atom is -0.378 e. The molecule has 0 bridgehead atoms. The van der Waals surface area contributed by atoms with Crippen molar-refractivity contribution in [2.75, 3.05) is 7.11 Å². The monoisotopic (exact) mass is 302 g/mol. The highest BCUT2D eigenvalue weighted by Crippen LogP contribution is 2.67. The zero-order valence-electron chi connectivity index (χ0n) is 15.1. The van der Waals surface area contributed by atoms with Crippen molar-refractivity contribution in [3.63, 3.8) is 0 Å². The van der Waals surface area contributed by atoms with Crippen LogP contribution in [0, 0.1) is 28.6 Å². The van der Waals surface area contributed by atoms with Gasteiger partial charge in [-0.05, 0) is 86.9 Å². The number of methoxy groups -OCH3 is 1. The predicted molar refractivity (Wildman–Crippen MR) is 91.7 cm³/mol. The van der Waals surface area contributed by atoms with Crippen molar-refractivity contribution in [3.8, 4) is 0 Å². The van der Waals surface area contributed by atoms with Crippen molar-refractivity contribution >= 4 is 0 Å². The van der Waals surface area contributed by atoms with Crippen LogP contribution in [0.2, 0.25) is 0 Å². The largest absolute Gasteiger partial charge is 0.378 e. The van der Waals surface area contributed by atoms with Gasteiger partial charge in [-0.3, -0.25) is 0 Å². The lowest BCUT2D eigenvalue weighted by molar-refractivity contribution is -0.131. The normalized spacial score (nSPS) is 54.2. The molecule has 1 nitrogen and oxygen atoms in total. The molecule has 124 valence electrons. The first kappa shape index (κ1) is 15.2. The first-order valence-electron chi connectivity index (χ1n) is 9.69. The maximum atomic E-state index is 6.07. The average molecular weight is 303 g/mol. The molecule has 0 aromatic rings. The zero-order valence-corrected chi connectivity index (χ0v) is 15.1. The average Bonchev–Trinajstić information content (AvgIpc) is 2.79. The van der Waals surface area contributed by atoms with Gasteiger partial charge in [0.2, 0.25) is 0 Å². The van der Waals surface area contributed by atoms with E-state index in [1.54, 1.807) is 0 Å². The molecule has 0 amide bonds. The first-order valence-corrected chi connectivity index (χ1v) is 9.69. The molecule has 4 rings (SSSR count). The lowest BCUT2D eigenvalue weighted by Gasteiger charge is -2.58. The Bertz CT molecular complexity index is 494. The molecule has 6 atom stereocenters. The number of ether oxygens (including phenoxy) is 1. The van der Waals surface area contributed by atoms with E-state index in [1.807, 2.05) is 12.7 Å². The molecule has 0 aromatic heterocycles. The highest BCUT2D eigenvalue weighted by molar-refractivity contribution is 5.25. The molecule has 0 radical (unpaired) electrons. The quantitative estimate of drug-likeness (QED) is 0.561. The van der Waals surface area contributed by atoms with Crippen molar-refractivity contribution in [1.82, 2.24) is 0 Å². The predicted octanol–water partition coefficient (Wildman–Crippen LogP) is 5.74. The fourth-order valence-electron chi connectivity index (χ4n) is 7.26. The van der Waals surface area contributed by atoms with Crippen molar-refractivity contribution in [3.05, 3.63) is 11.6 Å². The third-order valence-corrected chi connectivity index (χ3v) is 9.00. The van der Waals surface area contributed by atoms with Crippen molar-refractivity contribution in [2.45, 2.75) is 84.2 Å². The molecule has 0 N–H and O–H groups in total. The van der Waals surface area contributed by atoms with Gasteiger partial charge in [-0.25, -0.2) is 0 Å². The van der Waals surface area contributed by atoms with Gasteiger partial charge in [0.25, 0.3) is 0 Å². The molecule has 3 saturated carbocycles. The summed E-state index contributed by atoms with van der Waals surface area (Å²) >= 11 is 0. The van der Waals surface area contributed by atoms with E-state index < -0.39 is 0 Å². The van der Waals surface area contributed by atoms with Crippen molar-refractivity contribution in [2.24, 2.45) is 28.6 Å². The van der Waals surface area contributed by atoms with Crippen LogP contribution in [-0.2, 0) is 4.74 Å². The summed E-state index contributed by atoms with van der Waals surface area (Å²) < 4.78 is 6.07. The second-order valence-corrected chi connectivity index (χ2v) is 9.40. The fraction of sp³-hybridized carbons (Fsp3) is 0.905. The van der Waals surface area contributed by atoms with Crippen molar-refractivity contribution in [1.29, 1.82) is 0 Å².